The van der Waals surface area contributed by atoms with Gasteiger partial charge >= 0.3 is 11.9 Å². The molecule has 8 nitrogen and oxygen atoms in total. The molecule has 0 radical (unpaired) electrons. The van der Waals surface area contributed by atoms with E-state index in [2.05, 4.69) is 0 Å². The van der Waals surface area contributed by atoms with Crippen LogP contribution in [0.5, 0.6) is 0 Å². The summed E-state index contributed by atoms with van der Waals surface area (Å²) in [4.78, 5) is 18.9. The van der Waals surface area contributed by atoms with Gasteiger partial charge in [-0.15, -0.1) is 0 Å². The largest absolute Gasteiger partial charge is 0.481 e. The molecule has 0 saturated carbocycles. The standard InChI is InChI=1S/C4H10O3.C3H4O4.H3N/c5-1-4(2-6)3-7;4-2(5)1-3(6)7;/h4-7H,1-3H2;1H2,(H,4,5)(H,6,7);1H3. The summed E-state index contributed by atoms with van der Waals surface area (Å²) in [5.74, 6) is -2.97. The maximum absolute atomic E-state index is 9.43. The predicted molar refractivity (Wildman–Crippen MR) is 49.7 cm³/mol. The predicted octanol–water partition coefficient (Wildman–Crippen LogP) is -1.71. The van der Waals surface area contributed by atoms with Crippen molar-refractivity contribution in [2.24, 2.45) is 5.92 Å². The molecule has 0 unspecified atom stereocenters. The van der Waals surface area contributed by atoms with Crippen LogP contribution in [-0.4, -0.2) is 57.3 Å². The quantitative estimate of drug-likeness (QED) is 0.301. The van der Waals surface area contributed by atoms with E-state index in [1.54, 1.807) is 0 Å². The molecule has 0 aliphatic carbocycles. The van der Waals surface area contributed by atoms with Crippen molar-refractivity contribution in [1.82, 2.24) is 6.15 Å². The van der Waals surface area contributed by atoms with Gasteiger partial charge in [0.1, 0.15) is 6.42 Å². The molecule has 0 bridgehead atoms. The number of carboxylic acids is 2. The van der Waals surface area contributed by atoms with Crippen LogP contribution in [0.4, 0.5) is 0 Å². The van der Waals surface area contributed by atoms with Crippen molar-refractivity contribution in [2.45, 2.75) is 6.42 Å². The lowest BCUT2D eigenvalue weighted by Gasteiger charge is -2.02. The molecule has 0 spiro atoms. The average molecular weight is 227 g/mol. The van der Waals surface area contributed by atoms with Crippen LogP contribution in [0, 0.1) is 5.92 Å². The molecule has 0 aromatic heterocycles. The first-order valence-corrected chi connectivity index (χ1v) is 3.74. The van der Waals surface area contributed by atoms with Gasteiger partial charge in [0, 0.05) is 5.92 Å². The van der Waals surface area contributed by atoms with E-state index < -0.39 is 18.4 Å². The lowest BCUT2D eigenvalue weighted by molar-refractivity contribution is -0.147. The highest BCUT2D eigenvalue weighted by Crippen LogP contribution is 1.87. The summed E-state index contributed by atoms with van der Waals surface area (Å²) in [7, 11) is 0. The van der Waals surface area contributed by atoms with E-state index in [0.29, 0.717) is 0 Å². The zero-order valence-corrected chi connectivity index (χ0v) is 8.17. The van der Waals surface area contributed by atoms with Crippen LogP contribution in [0.3, 0.4) is 0 Å². The van der Waals surface area contributed by atoms with Crippen LogP contribution < -0.4 is 6.15 Å². The van der Waals surface area contributed by atoms with Crippen LogP contribution in [0.25, 0.3) is 0 Å². The van der Waals surface area contributed by atoms with Crippen molar-refractivity contribution in [2.75, 3.05) is 19.8 Å². The summed E-state index contributed by atoms with van der Waals surface area (Å²) in [6, 6.07) is 0. The molecule has 8 N–H and O–H groups in total. The Labute approximate surface area is 86.4 Å². The average Bonchev–Trinajstić information content (AvgIpc) is 2.06. The number of hydrogen-bond donors (Lipinski definition) is 6. The van der Waals surface area contributed by atoms with Crippen LogP contribution in [0.15, 0.2) is 0 Å². The monoisotopic (exact) mass is 227 g/mol. The molecule has 0 aromatic carbocycles. The van der Waals surface area contributed by atoms with E-state index in [-0.39, 0.29) is 31.9 Å². The van der Waals surface area contributed by atoms with Crippen molar-refractivity contribution in [1.29, 1.82) is 0 Å². The molecule has 0 rings (SSSR count). The molecular formula is C7H17NO7. The number of hydrogen-bond acceptors (Lipinski definition) is 6. The van der Waals surface area contributed by atoms with Gasteiger partial charge in [-0.1, -0.05) is 0 Å². The Morgan fingerprint density at radius 3 is 1.13 bits per heavy atom. The summed E-state index contributed by atoms with van der Waals surface area (Å²) < 4.78 is 0. The lowest BCUT2D eigenvalue weighted by atomic mass is 10.2. The third-order valence-electron chi connectivity index (χ3n) is 1.08. The fourth-order valence-corrected chi connectivity index (χ4v) is 0.303. The number of aliphatic carboxylic acids is 2. The smallest absolute Gasteiger partial charge is 0.314 e. The molecule has 0 fully saturated rings. The Balaban J connectivity index is -0.000000180. The van der Waals surface area contributed by atoms with Gasteiger partial charge in [0.15, 0.2) is 0 Å². The Morgan fingerprint density at radius 1 is 0.867 bits per heavy atom. The molecule has 0 atom stereocenters. The Bertz CT molecular complexity index is 151. The van der Waals surface area contributed by atoms with Crippen molar-refractivity contribution < 1.29 is 35.1 Å². The molecule has 0 heterocycles. The van der Waals surface area contributed by atoms with Crippen molar-refractivity contribution >= 4 is 11.9 Å². The van der Waals surface area contributed by atoms with Crippen LogP contribution in [0.2, 0.25) is 0 Å². The lowest BCUT2D eigenvalue weighted by Crippen LogP contribution is -2.14. The number of rotatable bonds is 5. The summed E-state index contributed by atoms with van der Waals surface area (Å²) >= 11 is 0. The highest BCUT2D eigenvalue weighted by Gasteiger charge is 2.01. The topological polar surface area (TPSA) is 170 Å². The van der Waals surface area contributed by atoms with E-state index in [1.165, 1.54) is 0 Å². The molecule has 0 saturated heterocycles. The number of aliphatic hydroxyl groups excluding tert-OH is 3. The maximum Gasteiger partial charge on any atom is 0.314 e. The molecule has 15 heavy (non-hydrogen) atoms. The van der Waals surface area contributed by atoms with Gasteiger partial charge < -0.3 is 31.7 Å². The Hall–Kier alpha value is -1.22. The highest BCUT2D eigenvalue weighted by molar-refractivity contribution is 5.88. The van der Waals surface area contributed by atoms with E-state index in [1.807, 2.05) is 0 Å². The van der Waals surface area contributed by atoms with E-state index in [4.69, 9.17) is 25.5 Å². The highest BCUT2D eigenvalue weighted by atomic mass is 16.4. The molecular weight excluding hydrogens is 210 g/mol. The SMILES string of the molecule is N.O=C(O)CC(=O)O.OCC(CO)CO. The van der Waals surface area contributed by atoms with Gasteiger partial charge in [0.25, 0.3) is 0 Å². The normalized spacial score (nSPS) is 8.53. The van der Waals surface area contributed by atoms with Crippen LogP contribution in [0.1, 0.15) is 6.42 Å². The maximum atomic E-state index is 9.43. The van der Waals surface area contributed by atoms with E-state index in [0.717, 1.165) is 0 Å². The minimum Gasteiger partial charge on any atom is -0.481 e. The molecule has 0 amide bonds. The fraction of sp³-hybridized carbons (Fsp3) is 0.714. The first-order chi connectivity index (χ1) is 6.47. The fourth-order valence-electron chi connectivity index (χ4n) is 0.303. The zero-order chi connectivity index (χ0) is 11.6. The summed E-state index contributed by atoms with van der Waals surface area (Å²) in [5.41, 5.74) is 0. The second kappa shape index (κ2) is 12.8. The molecule has 8 heteroatoms. The number of carboxylic acid groups (broad SMARTS) is 2. The Morgan fingerprint density at radius 2 is 1.13 bits per heavy atom. The third-order valence-corrected chi connectivity index (χ3v) is 1.08. The third kappa shape index (κ3) is 19.3. The van der Waals surface area contributed by atoms with Crippen molar-refractivity contribution in [3.63, 3.8) is 0 Å². The number of carbonyl (C=O) groups is 2. The zero-order valence-electron chi connectivity index (χ0n) is 8.17. The van der Waals surface area contributed by atoms with Gasteiger partial charge in [0.2, 0.25) is 0 Å². The minimum atomic E-state index is -1.31. The minimum absolute atomic E-state index is 0. The summed E-state index contributed by atoms with van der Waals surface area (Å²) in [6.45, 7) is -0.437. The van der Waals surface area contributed by atoms with Crippen LogP contribution in [-0.2, 0) is 9.59 Å². The van der Waals surface area contributed by atoms with Gasteiger partial charge in [0.05, 0.1) is 19.8 Å². The first-order valence-electron chi connectivity index (χ1n) is 3.74. The second-order valence-electron chi connectivity index (χ2n) is 2.38. The van der Waals surface area contributed by atoms with E-state index in [9.17, 15) is 9.59 Å². The van der Waals surface area contributed by atoms with Gasteiger partial charge in [-0.05, 0) is 0 Å². The Kier molecular flexibility index (Phi) is 16.5. The van der Waals surface area contributed by atoms with E-state index >= 15 is 0 Å². The van der Waals surface area contributed by atoms with Crippen molar-refractivity contribution in [3.8, 4) is 0 Å². The molecule has 92 valence electrons. The van der Waals surface area contributed by atoms with Crippen LogP contribution >= 0.6 is 0 Å². The van der Waals surface area contributed by atoms with Gasteiger partial charge in [-0.2, -0.15) is 0 Å². The number of aliphatic hydroxyl groups is 3. The van der Waals surface area contributed by atoms with Gasteiger partial charge in [-0.3, -0.25) is 9.59 Å². The second-order valence-corrected chi connectivity index (χ2v) is 2.38. The van der Waals surface area contributed by atoms with Crippen molar-refractivity contribution in [3.05, 3.63) is 0 Å². The molecule has 0 aromatic rings. The summed E-state index contributed by atoms with van der Waals surface area (Å²) in [6.07, 6.45) is -0.806. The molecule has 0 aliphatic heterocycles. The summed E-state index contributed by atoms with van der Waals surface area (Å²) in [5, 5.41) is 40.0. The molecule has 0 aliphatic rings. The van der Waals surface area contributed by atoms with Gasteiger partial charge in [-0.25, -0.2) is 0 Å². The first kappa shape index (κ1) is 19.4.